The van der Waals surface area contributed by atoms with Gasteiger partial charge in [-0.3, -0.25) is 4.79 Å². The summed E-state index contributed by atoms with van der Waals surface area (Å²) in [6.07, 6.45) is 1.74. The van der Waals surface area contributed by atoms with E-state index in [9.17, 15) is 4.79 Å². The topological polar surface area (TPSA) is 72.3 Å². The number of nitrogens with one attached hydrogen (secondary N) is 1. The van der Waals surface area contributed by atoms with Crippen LogP contribution in [0.1, 0.15) is 21.6 Å². The van der Waals surface area contributed by atoms with Gasteiger partial charge in [0, 0.05) is 31.9 Å². The van der Waals surface area contributed by atoms with Crippen LogP contribution >= 0.6 is 0 Å². The number of piperazine rings is 1. The first-order valence-corrected chi connectivity index (χ1v) is 9.97. The van der Waals surface area contributed by atoms with Gasteiger partial charge >= 0.3 is 0 Å². The van der Waals surface area contributed by atoms with Gasteiger partial charge in [-0.25, -0.2) is 4.98 Å². The quantitative estimate of drug-likeness (QED) is 0.724. The molecule has 6 heteroatoms. The molecule has 1 N–H and O–H groups in total. The van der Waals surface area contributed by atoms with Crippen LogP contribution in [0.25, 0.3) is 0 Å². The minimum absolute atomic E-state index is 0.324. The molecule has 0 bridgehead atoms. The third kappa shape index (κ3) is 4.26. The molecular weight excluding hydrogens is 374 g/mol. The number of benzene rings is 2. The maximum Gasteiger partial charge on any atom is 0.274 e. The van der Waals surface area contributed by atoms with Crippen molar-refractivity contribution in [2.75, 3.05) is 41.3 Å². The molecule has 2 aromatic carbocycles. The molecule has 3 aromatic rings. The van der Waals surface area contributed by atoms with Gasteiger partial charge in [0.1, 0.15) is 11.8 Å². The van der Waals surface area contributed by atoms with Crippen molar-refractivity contribution in [1.82, 2.24) is 4.98 Å². The normalized spacial score (nSPS) is 13.6. The summed E-state index contributed by atoms with van der Waals surface area (Å²) >= 11 is 0. The maximum atomic E-state index is 12.5. The first-order valence-electron chi connectivity index (χ1n) is 9.97. The fourth-order valence-electron chi connectivity index (χ4n) is 3.63. The number of anilines is 3. The fourth-order valence-corrected chi connectivity index (χ4v) is 3.63. The Bertz CT molecular complexity index is 1080. The number of aromatic nitrogens is 1. The fraction of sp³-hybridized carbons (Fsp3) is 0.208. The highest BCUT2D eigenvalue weighted by Gasteiger charge is 2.18. The summed E-state index contributed by atoms with van der Waals surface area (Å²) < 4.78 is 0. The van der Waals surface area contributed by atoms with Gasteiger partial charge in [-0.15, -0.1) is 0 Å². The molecule has 0 saturated carbocycles. The van der Waals surface area contributed by atoms with Crippen molar-refractivity contribution < 1.29 is 4.79 Å². The van der Waals surface area contributed by atoms with Crippen molar-refractivity contribution in [2.45, 2.75) is 6.92 Å². The van der Waals surface area contributed by atoms with Crippen molar-refractivity contribution in [1.29, 1.82) is 5.26 Å². The number of hydrogen-bond acceptors (Lipinski definition) is 5. The summed E-state index contributed by atoms with van der Waals surface area (Å²) in [6.45, 7) is 5.79. The highest BCUT2D eigenvalue weighted by atomic mass is 16.1. The zero-order valence-electron chi connectivity index (χ0n) is 16.9. The van der Waals surface area contributed by atoms with E-state index in [1.165, 1.54) is 11.3 Å². The van der Waals surface area contributed by atoms with Crippen molar-refractivity contribution in [2.24, 2.45) is 0 Å². The zero-order chi connectivity index (χ0) is 20.9. The number of pyridine rings is 1. The van der Waals surface area contributed by atoms with Crippen LogP contribution < -0.4 is 15.1 Å². The van der Waals surface area contributed by atoms with Gasteiger partial charge in [0.05, 0.1) is 23.1 Å². The lowest BCUT2D eigenvalue weighted by Crippen LogP contribution is -2.46. The number of carbonyl (C=O) groups excluding carboxylic acids is 1. The highest BCUT2D eigenvalue weighted by molar-refractivity contribution is 6.03. The lowest BCUT2D eigenvalue weighted by atomic mass is 10.2. The monoisotopic (exact) mass is 397 g/mol. The molecule has 1 amide bonds. The van der Waals surface area contributed by atoms with Gasteiger partial charge in [0.2, 0.25) is 0 Å². The molecule has 0 aliphatic carbocycles. The number of rotatable bonds is 4. The Morgan fingerprint density at radius 1 is 0.967 bits per heavy atom. The average molecular weight is 397 g/mol. The average Bonchev–Trinajstić information content (AvgIpc) is 2.79. The van der Waals surface area contributed by atoms with Gasteiger partial charge in [-0.05, 0) is 48.9 Å². The molecule has 4 rings (SSSR count). The molecule has 1 aliphatic rings. The summed E-state index contributed by atoms with van der Waals surface area (Å²) in [5.74, 6) is -0.325. The molecule has 150 valence electrons. The maximum absolute atomic E-state index is 12.5. The highest BCUT2D eigenvalue weighted by Crippen LogP contribution is 2.21. The van der Waals surface area contributed by atoms with Crippen molar-refractivity contribution in [3.05, 3.63) is 83.7 Å². The lowest BCUT2D eigenvalue weighted by molar-refractivity contribution is 0.102. The Balaban J connectivity index is 1.38. The van der Waals surface area contributed by atoms with Crippen molar-refractivity contribution >= 4 is 23.0 Å². The van der Waals surface area contributed by atoms with E-state index in [0.717, 1.165) is 31.9 Å². The Hall–Kier alpha value is -3.85. The molecule has 1 aliphatic heterocycles. The molecule has 2 heterocycles. The Labute approximate surface area is 176 Å². The van der Waals surface area contributed by atoms with Gasteiger partial charge in [0.15, 0.2) is 0 Å². The van der Waals surface area contributed by atoms with Crippen molar-refractivity contribution in [3.8, 4) is 6.07 Å². The molecule has 6 nitrogen and oxygen atoms in total. The Morgan fingerprint density at radius 2 is 1.70 bits per heavy atom. The molecule has 0 spiro atoms. The largest absolute Gasteiger partial charge is 0.368 e. The van der Waals surface area contributed by atoms with Gasteiger partial charge in [0.25, 0.3) is 5.91 Å². The predicted molar refractivity (Wildman–Crippen MR) is 119 cm³/mol. The summed E-state index contributed by atoms with van der Waals surface area (Å²) in [7, 11) is 0. The lowest BCUT2D eigenvalue weighted by Gasteiger charge is -2.37. The minimum Gasteiger partial charge on any atom is -0.368 e. The van der Waals surface area contributed by atoms with Crippen LogP contribution in [0.3, 0.4) is 0 Å². The molecular formula is C24H23N5O. The first-order chi connectivity index (χ1) is 14.6. The SMILES string of the molecule is Cc1cccc(N2CCN(c3ccc(C(=O)Nc4ccccc4C#N)nc3)CC2)c1. The predicted octanol–water partition coefficient (Wildman–Crippen LogP) is 3.84. The van der Waals surface area contributed by atoms with E-state index in [1.54, 1.807) is 36.5 Å². The van der Waals surface area contributed by atoms with Crippen LogP contribution in [0.4, 0.5) is 17.1 Å². The smallest absolute Gasteiger partial charge is 0.274 e. The van der Waals surface area contributed by atoms with Crippen LogP contribution in [0, 0.1) is 18.3 Å². The number of nitriles is 1. The van der Waals surface area contributed by atoms with Crippen LogP contribution in [0.15, 0.2) is 66.9 Å². The standard InChI is InChI=1S/C24H23N5O/c1-18-5-4-7-20(15-18)28-11-13-29(14-12-28)21-9-10-23(26-17-21)24(30)27-22-8-3-2-6-19(22)16-25/h2-10,15,17H,11-14H2,1H3,(H,27,30). The van der Waals surface area contributed by atoms with Crippen LogP contribution in [-0.4, -0.2) is 37.1 Å². The number of carbonyl (C=O) groups is 1. The minimum atomic E-state index is -0.325. The molecule has 0 unspecified atom stereocenters. The number of nitrogens with zero attached hydrogens (tertiary/aromatic N) is 4. The van der Waals surface area contributed by atoms with E-state index in [4.69, 9.17) is 5.26 Å². The molecule has 1 saturated heterocycles. The van der Waals surface area contributed by atoms with E-state index in [1.807, 2.05) is 6.07 Å². The molecule has 30 heavy (non-hydrogen) atoms. The van der Waals surface area contributed by atoms with Gasteiger partial charge in [-0.2, -0.15) is 5.26 Å². The zero-order valence-corrected chi connectivity index (χ0v) is 16.9. The van der Waals surface area contributed by atoms with Crippen LogP contribution in [-0.2, 0) is 0 Å². The second-order valence-corrected chi connectivity index (χ2v) is 7.33. The molecule has 1 fully saturated rings. The summed E-state index contributed by atoms with van der Waals surface area (Å²) in [5.41, 5.74) is 4.78. The number of amides is 1. The van der Waals surface area contributed by atoms with Gasteiger partial charge in [-0.1, -0.05) is 24.3 Å². The van der Waals surface area contributed by atoms with Crippen LogP contribution in [0.2, 0.25) is 0 Å². The molecule has 1 aromatic heterocycles. The third-order valence-corrected chi connectivity index (χ3v) is 5.29. The number of aryl methyl sites for hydroxylation is 1. The summed E-state index contributed by atoms with van der Waals surface area (Å²) in [6, 6.07) is 21.2. The first kappa shape index (κ1) is 19.5. The van der Waals surface area contributed by atoms with E-state index >= 15 is 0 Å². The van der Waals surface area contributed by atoms with Gasteiger partial charge < -0.3 is 15.1 Å². The number of para-hydroxylation sites is 1. The van der Waals surface area contributed by atoms with E-state index in [0.29, 0.717) is 16.9 Å². The van der Waals surface area contributed by atoms with E-state index in [-0.39, 0.29) is 5.91 Å². The number of hydrogen-bond donors (Lipinski definition) is 1. The van der Waals surface area contributed by atoms with E-state index in [2.05, 4.69) is 57.4 Å². The second-order valence-electron chi connectivity index (χ2n) is 7.33. The Morgan fingerprint density at radius 3 is 2.37 bits per heavy atom. The van der Waals surface area contributed by atoms with Crippen molar-refractivity contribution in [3.63, 3.8) is 0 Å². The molecule has 0 radical (unpaired) electrons. The third-order valence-electron chi connectivity index (χ3n) is 5.29. The summed E-state index contributed by atoms with van der Waals surface area (Å²) in [4.78, 5) is 21.5. The Kier molecular flexibility index (Phi) is 5.62. The molecule has 0 atom stereocenters. The summed E-state index contributed by atoms with van der Waals surface area (Å²) in [5, 5.41) is 11.9. The second kappa shape index (κ2) is 8.66. The van der Waals surface area contributed by atoms with E-state index < -0.39 is 0 Å². The van der Waals surface area contributed by atoms with Crippen LogP contribution in [0.5, 0.6) is 0 Å².